The molecule has 0 fully saturated rings. The molecule has 2 aromatic carbocycles. The number of rotatable bonds is 3. The number of nitrogens with two attached hydrogens (primary N) is 2. The van der Waals surface area contributed by atoms with E-state index in [0.717, 1.165) is 38.0 Å². The summed E-state index contributed by atoms with van der Waals surface area (Å²) in [5, 5.41) is 0. The van der Waals surface area contributed by atoms with Gasteiger partial charge in [-0.15, -0.1) is 0 Å². The molecule has 0 spiro atoms. The van der Waals surface area contributed by atoms with Crippen molar-refractivity contribution in [1.29, 1.82) is 0 Å². The van der Waals surface area contributed by atoms with E-state index >= 15 is 0 Å². The van der Waals surface area contributed by atoms with Gasteiger partial charge in [-0.3, -0.25) is 0 Å². The van der Waals surface area contributed by atoms with Gasteiger partial charge in [0.15, 0.2) is 0 Å². The fourth-order valence-corrected chi connectivity index (χ4v) is 8.20. The van der Waals surface area contributed by atoms with Crippen LogP contribution in [-0.2, 0) is 5.54 Å². The lowest BCUT2D eigenvalue weighted by Gasteiger charge is -2.33. The van der Waals surface area contributed by atoms with Gasteiger partial charge in [-0.05, 0) is 24.3 Å². The van der Waals surface area contributed by atoms with Crippen LogP contribution in [0.2, 0.25) is 0 Å². The molecule has 0 saturated heterocycles. The van der Waals surface area contributed by atoms with E-state index in [4.69, 9.17) is 11.5 Å². The summed E-state index contributed by atoms with van der Waals surface area (Å²) in [6.07, 6.45) is 0. The fourth-order valence-electron chi connectivity index (χ4n) is 2.27. The maximum atomic E-state index is 6.77. The van der Waals surface area contributed by atoms with Crippen molar-refractivity contribution in [3.63, 3.8) is 0 Å². The standard InChI is InChI=1S/C14H10Br6N2/c15-6-1-8(17)12(9(18)2-6)14(22,5-21)13-10(19)3-7(16)4-11(13)20/h1-4H,5,21-22H2. The Morgan fingerprint density at radius 2 is 0.955 bits per heavy atom. The monoisotopic (exact) mass is 680 g/mol. The van der Waals surface area contributed by atoms with Gasteiger partial charge in [-0.1, -0.05) is 95.6 Å². The molecule has 0 heterocycles. The first-order valence-corrected chi connectivity index (χ1v) is 10.8. The minimum atomic E-state index is -0.878. The molecular formula is C14H10Br6N2. The lowest BCUT2D eigenvalue weighted by Crippen LogP contribution is -2.46. The third-order valence-corrected chi connectivity index (χ3v) is 6.65. The second-order valence-corrected chi connectivity index (χ2v) is 9.91. The summed E-state index contributed by atoms with van der Waals surface area (Å²) in [6.45, 7) is 0.241. The normalized spacial score (nSPS) is 11.8. The first-order chi connectivity index (χ1) is 10.2. The van der Waals surface area contributed by atoms with Gasteiger partial charge in [-0.25, -0.2) is 0 Å². The molecule has 22 heavy (non-hydrogen) atoms. The largest absolute Gasteiger partial charge is 0.328 e. The maximum absolute atomic E-state index is 6.77. The third kappa shape index (κ3) is 3.74. The Hall–Kier alpha value is 1.24. The van der Waals surface area contributed by atoms with E-state index in [9.17, 15) is 0 Å². The molecule has 0 aliphatic rings. The van der Waals surface area contributed by atoms with Crippen LogP contribution in [0.5, 0.6) is 0 Å². The number of benzene rings is 2. The Morgan fingerprint density at radius 3 is 1.18 bits per heavy atom. The molecule has 8 heteroatoms. The summed E-state index contributed by atoms with van der Waals surface area (Å²) >= 11 is 21.3. The highest BCUT2D eigenvalue weighted by atomic mass is 79.9. The Labute approximate surface area is 179 Å². The van der Waals surface area contributed by atoms with Crippen molar-refractivity contribution in [2.45, 2.75) is 5.54 Å². The third-order valence-electron chi connectivity index (χ3n) is 3.23. The number of hydrogen-bond acceptors (Lipinski definition) is 2. The highest BCUT2D eigenvalue weighted by Crippen LogP contribution is 2.44. The van der Waals surface area contributed by atoms with Crippen LogP contribution >= 0.6 is 95.6 Å². The summed E-state index contributed by atoms with van der Waals surface area (Å²) in [7, 11) is 0. The van der Waals surface area contributed by atoms with Crippen molar-refractivity contribution in [2.75, 3.05) is 6.54 Å². The van der Waals surface area contributed by atoms with E-state index in [1.54, 1.807) is 0 Å². The molecule has 2 nitrogen and oxygen atoms in total. The zero-order valence-corrected chi connectivity index (χ0v) is 20.5. The van der Waals surface area contributed by atoms with Gasteiger partial charge in [0.2, 0.25) is 0 Å². The smallest absolute Gasteiger partial charge is 0.0833 e. The molecule has 0 bridgehead atoms. The molecule has 0 unspecified atom stereocenters. The molecule has 2 aromatic rings. The highest BCUT2D eigenvalue weighted by Gasteiger charge is 2.36. The van der Waals surface area contributed by atoms with Gasteiger partial charge < -0.3 is 11.5 Å². The predicted octanol–water partition coefficient (Wildman–Crippen LogP) is 6.42. The summed E-state index contributed by atoms with van der Waals surface area (Å²) in [5.74, 6) is 0. The van der Waals surface area contributed by atoms with Crippen LogP contribution in [0.1, 0.15) is 11.1 Å². The molecule has 0 amide bonds. The van der Waals surface area contributed by atoms with Crippen molar-refractivity contribution in [3.8, 4) is 0 Å². The fraction of sp³-hybridized carbons (Fsp3) is 0.143. The quantitative estimate of drug-likeness (QED) is 0.392. The van der Waals surface area contributed by atoms with E-state index in [2.05, 4.69) is 95.6 Å². The summed E-state index contributed by atoms with van der Waals surface area (Å²) < 4.78 is 5.41. The second-order valence-electron chi connectivity index (χ2n) is 4.66. The Bertz CT molecular complexity index is 628. The molecule has 0 radical (unpaired) electrons. The molecular weight excluding hydrogens is 676 g/mol. The van der Waals surface area contributed by atoms with E-state index in [-0.39, 0.29) is 6.54 Å². The van der Waals surface area contributed by atoms with Crippen molar-refractivity contribution in [1.82, 2.24) is 0 Å². The van der Waals surface area contributed by atoms with Crippen LogP contribution in [-0.4, -0.2) is 6.54 Å². The average Bonchev–Trinajstić information content (AvgIpc) is 2.35. The topological polar surface area (TPSA) is 52.0 Å². The van der Waals surface area contributed by atoms with E-state index in [0.29, 0.717) is 0 Å². The second kappa shape index (κ2) is 7.64. The Morgan fingerprint density at radius 1 is 0.682 bits per heavy atom. The molecule has 118 valence electrons. The zero-order valence-electron chi connectivity index (χ0n) is 10.9. The van der Waals surface area contributed by atoms with Crippen LogP contribution in [0.15, 0.2) is 51.1 Å². The summed E-state index contributed by atoms with van der Waals surface area (Å²) in [6, 6.07) is 7.83. The van der Waals surface area contributed by atoms with Gasteiger partial charge in [0, 0.05) is 44.5 Å². The highest BCUT2D eigenvalue weighted by molar-refractivity contribution is 9.12. The molecule has 0 aliphatic heterocycles. The van der Waals surface area contributed by atoms with E-state index in [1.807, 2.05) is 24.3 Å². The van der Waals surface area contributed by atoms with Gasteiger partial charge in [0.1, 0.15) is 0 Å². The molecule has 0 aliphatic carbocycles. The molecule has 2 rings (SSSR count). The molecule has 4 N–H and O–H groups in total. The van der Waals surface area contributed by atoms with Crippen molar-refractivity contribution in [2.24, 2.45) is 11.5 Å². The predicted molar refractivity (Wildman–Crippen MR) is 113 cm³/mol. The summed E-state index contributed by atoms with van der Waals surface area (Å²) in [5.41, 5.74) is 13.8. The van der Waals surface area contributed by atoms with Crippen molar-refractivity contribution >= 4 is 95.6 Å². The zero-order chi connectivity index (χ0) is 16.7. The Kier molecular flexibility index (Phi) is 6.79. The van der Waals surface area contributed by atoms with Crippen LogP contribution < -0.4 is 11.5 Å². The van der Waals surface area contributed by atoms with Crippen LogP contribution in [0.4, 0.5) is 0 Å². The van der Waals surface area contributed by atoms with E-state index in [1.165, 1.54) is 0 Å². The minimum absolute atomic E-state index is 0.241. The van der Waals surface area contributed by atoms with Crippen molar-refractivity contribution < 1.29 is 0 Å². The maximum Gasteiger partial charge on any atom is 0.0833 e. The average molecular weight is 686 g/mol. The van der Waals surface area contributed by atoms with E-state index < -0.39 is 5.54 Å². The lowest BCUT2D eigenvalue weighted by atomic mass is 9.84. The Balaban J connectivity index is 2.80. The first kappa shape index (κ1) is 19.6. The van der Waals surface area contributed by atoms with Gasteiger partial charge in [0.05, 0.1) is 5.54 Å². The SMILES string of the molecule is NCC(N)(c1c(Br)cc(Br)cc1Br)c1c(Br)cc(Br)cc1Br. The minimum Gasteiger partial charge on any atom is -0.328 e. The van der Waals surface area contributed by atoms with Crippen LogP contribution in [0, 0.1) is 0 Å². The van der Waals surface area contributed by atoms with Gasteiger partial charge in [-0.2, -0.15) is 0 Å². The number of hydrogen-bond donors (Lipinski definition) is 2. The summed E-state index contributed by atoms with van der Waals surface area (Å²) in [4.78, 5) is 0. The lowest BCUT2D eigenvalue weighted by molar-refractivity contribution is 0.541. The van der Waals surface area contributed by atoms with Crippen LogP contribution in [0.3, 0.4) is 0 Å². The molecule has 0 atom stereocenters. The number of halogens is 6. The molecule has 0 saturated carbocycles. The van der Waals surface area contributed by atoms with Crippen molar-refractivity contribution in [3.05, 3.63) is 62.2 Å². The molecule has 0 aromatic heterocycles. The van der Waals surface area contributed by atoms with Crippen LogP contribution in [0.25, 0.3) is 0 Å². The van der Waals surface area contributed by atoms with Gasteiger partial charge >= 0.3 is 0 Å². The van der Waals surface area contributed by atoms with Gasteiger partial charge in [0.25, 0.3) is 0 Å². The first-order valence-electron chi connectivity index (χ1n) is 5.99.